The van der Waals surface area contributed by atoms with Crippen LogP contribution in [0.2, 0.25) is 0 Å². The predicted octanol–water partition coefficient (Wildman–Crippen LogP) is 2.82. The SMILES string of the molecule is CC/C=C\C1CC(NC2C=Nc3[nH]ccc3C2)=CCC1N. The zero-order chi connectivity index (χ0) is 14.7. The molecule has 4 nitrogen and oxygen atoms in total. The number of nitrogens with two attached hydrogens (primary N) is 1. The zero-order valence-electron chi connectivity index (χ0n) is 12.5. The van der Waals surface area contributed by atoms with Crippen molar-refractivity contribution in [2.24, 2.45) is 16.6 Å². The Balaban J connectivity index is 1.62. The topological polar surface area (TPSA) is 66.2 Å². The summed E-state index contributed by atoms with van der Waals surface area (Å²) in [4.78, 5) is 7.63. The molecule has 0 fully saturated rings. The lowest BCUT2D eigenvalue weighted by Gasteiger charge is -2.29. The number of nitrogens with one attached hydrogen (secondary N) is 2. The van der Waals surface area contributed by atoms with E-state index in [0.29, 0.717) is 5.92 Å². The standard InChI is InChI=1S/C17H24N4/c1-2-3-4-12-9-14(5-6-16(12)18)21-15-10-13-7-8-19-17(13)20-11-15/h3-5,7-8,11-12,15-16,19,21H,2,6,9-10,18H2,1H3/b4-3-. The van der Waals surface area contributed by atoms with Gasteiger partial charge in [0.15, 0.2) is 0 Å². The molecule has 4 heteroatoms. The van der Waals surface area contributed by atoms with Crippen molar-refractivity contribution >= 4 is 12.0 Å². The van der Waals surface area contributed by atoms with Gasteiger partial charge in [0.2, 0.25) is 0 Å². The Labute approximate surface area is 126 Å². The summed E-state index contributed by atoms with van der Waals surface area (Å²) in [6.45, 7) is 2.16. The lowest BCUT2D eigenvalue weighted by molar-refractivity contribution is 0.455. The molecule has 3 atom stereocenters. The fourth-order valence-electron chi connectivity index (χ4n) is 3.04. The lowest BCUT2D eigenvalue weighted by Crippen LogP contribution is -2.38. The molecule has 0 radical (unpaired) electrons. The molecule has 0 aromatic carbocycles. The van der Waals surface area contributed by atoms with Crippen molar-refractivity contribution in [2.75, 3.05) is 0 Å². The summed E-state index contributed by atoms with van der Waals surface area (Å²) in [6.07, 6.45) is 14.7. The average molecular weight is 284 g/mol. The molecular formula is C17H24N4. The van der Waals surface area contributed by atoms with Crippen LogP contribution >= 0.6 is 0 Å². The van der Waals surface area contributed by atoms with Gasteiger partial charge in [-0.05, 0) is 36.8 Å². The first-order valence-corrected chi connectivity index (χ1v) is 7.84. The number of aliphatic imine (C=N–C) groups is 1. The Kier molecular flexibility index (Phi) is 4.25. The molecule has 0 amide bonds. The van der Waals surface area contributed by atoms with Crippen LogP contribution in [0.3, 0.4) is 0 Å². The van der Waals surface area contributed by atoms with Gasteiger partial charge in [-0.15, -0.1) is 0 Å². The summed E-state index contributed by atoms with van der Waals surface area (Å²) in [5.74, 6) is 1.44. The molecule has 0 bridgehead atoms. The molecule has 2 aliphatic rings. The number of hydrogen-bond donors (Lipinski definition) is 3. The Hall–Kier alpha value is -1.81. The molecule has 4 N–H and O–H groups in total. The molecule has 112 valence electrons. The second-order valence-corrected chi connectivity index (χ2v) is 5.92. The maximum atomic E-state index is 6.21. The van der Waals surface area contributed by atoms with Gasteiger partial charge >= 0.3 is 0 Å². The molecule has 1 aromatic rings. The van der Waals surface area contributed by atoms with Gasteiger partial charge in [0.1, 0.15) is 5.82 Å². The van der Waals surface area contributed by atoms with Crippen molar-refractivity contribution in [3.63, 3.8) is 0 Å². The molecule has 0 saturated heterocycles. The first-order chi connectivity index (χ1) is 10.3. The molecule has 3 rings (SSSR count). The van der Waals surface area contributed by atoms with Crippen molar-refractivity contribution in [2.45, 2.75) is 44.7 Å². The maximum absolute atomic E-state index is 6.21. The second-order valence-electron chi connectivity index (χ2n) is 5.92. The van der Waals surface area contributed by atoms with Crippen molar-refractivity contribution in [3.05, 3.63) is 41.8 Å². The third-order valence-corrected chi connectivity index (χ3v) is 4.26. The molecule has 0 saturated carbocycles. The van der Waals surface area contributed by atoms with Crippen molar-refractivity contribution < 1.29 is 0 Å². The maximum Gasteiger partial charge on any atom is 0.132 e. The van der Waals surface area contributed by atoms with Crippen LogP contribution in [-0.4, -0.2) is 23.3 Å². The molecule has 3 unspecified atom stereocenters. The van der Waals surface area contributed by atoms with E-state index in [2.05, 4.69) is 46.5 Å². The van der Waals surface area contributed by atoms with Crippen LogP contribution in [0, 0.1) is 5.92 Å². The van der Waals surface area contributed by atoms with E-state index in [0.717, 1.165) is 31.5 Å². The molecule has 21 heavy (non-hydrogen) atoms. The first-order valence-electron chi connectivity index (χ1n) is 7.84. The predicted molar refractivity (Wildman–Crippen MR) is 87.8 cm³/mol. The van der Waals surface area contributed by atoms with Crippen LogP contribution in [0.25, 0.3) is 0 Å². The van der Waals surface area contributed by atoms with Gasteiger partial charge in [0, 0.05) is 30.6 Å². The van der Waals surface area contributed by atoms with Gasteiger partial charge in [0.05, 0.1) is 6.04 Å². The molecule has 1 aromatic heterocycles. The van der Waals surface area contributed by atoms with Gasteiger partial charge < -0.3 is 16.0 Å². The van der Waals surface area contributed by atoms with Crippen LogP contribution in [0.1, 0.15) is 31.7 Å². The summed E-state index contributed by atoms with van der Waals surface area (Å²) in [6, 6.07) is 2.64. The van der Waals surface area contributed by atoms with Crippen LogP contribution in [0.5, 0.6) is 0 Å². The lowest BCUT2D eigenvalue weighted by atomic mass is 9.87. The van der Waals surface area contributed by atoms with E-state index in [4.69, 9.17) is 5.73 Å². The molecule has 2 heterocycles. The normalized spacial score (nSPS) is 28.5. The minimum Gasteiger partial charge on any atom is -0.380 e. The van der Waals surface area contributed by atoms with Gasteiger partial charge in [-0.3, -0.25) is 0 Å². The van der Waals surface area contributed by atoms with Crippen molar-refractivity contribution in [1.82, 2.24) is 10.3 Å². The third-order valence-electron chi connectivity index (χ3n) is 4.26. The summed E-state index contributed by atoms with van der Waals surface area (Å²) >= 11 is 0. The van der Waals surface area contributed by atoms with E-state index in [1.54, 1.807) is 0 Å². The van der Waals surface area contributed by atoms with Crippen LogP contribution in [0.15, 0.2) is 41.2 Å². The largest absolute Gasteiger partial charge is 0.380 e. The van der Waals surface area contributed by atoms with E-state index >= 15 is 0 Å². The molecule has 0 spiro atoms. The summed E-state index contributed by atoms with van der Waals surface area (Å²) in [7, 11) is 0. The fourth-order valence-corrected chi connectivity index (χ4v) is 3.04. The second kappa shape index (κ2) is 6.31. The Morgan fingerprint density at radius 3 is 3.24 bits per heavy atom. The summed E-state index contributed by atoms with van der Waals surface area (Å²) < 4.78 is 0. The third kappa shape index (κ3) is 3.27. The Bertz CT molecular complexity index is 567. The number of aromatic amines is 1. The highest BCUT2D eigenvalue weighted by Crippen LogP contribution is 2.26. The van der Waals surface area contributed by atoms with Crippen molar-refractivity contribution in [1.29, 1.82) is 0 Å². The highest BCUT2D eigenvalue weighted by Gasteiger charge is 2.23. The number of aromatic nitrogens is 1. The van der Waals surface area contributed by atoms with E-state index in [9.17, 15) is 0 Å². The molecular weight excluding hydrogens is 260 g/mol. The Morgan fingerprint density at radius 1 is 1.48 bits per heavy atom. The number of H-pyrrole nitrogens is 1. The van der Waals surface area contributed by atoms with Crippen LogP contribution in [-0.2, 0) is 6.42 Å². The summed E-state index contributed by atoms with van der Waals surface area (Å²) in [5, 5.41) is 3.62. The number of nitrogens with zero attached hydrogens (tertiary/aromatic N) is 1. The highest BCUT2D eigenvalue weighted by molar-refractivity contribution is 5.72. The molecule has 1 aliphatic carbocycles. The fraction of sp³-hybridized carbons (Fsp3) is 0.471. The monoisotopic (exact) mass is 284 g/mol. The van der Waals surface area contributed by atoms with E-state index < -0.39 is 0 Å². The zero-order valence-corrected chi connectivity index (χ0v) is 12.5. The smallest absolute Gasteiger partial charge is 0.132 e. The number of rotatable bonds is 4. The minimum absolute atomic E-state index is 0.245. The van der Waals surface area contributed by atoms with E-state index in [1.165, 1.54) is 11.3 Å². The number of allylic oxidation sites excluding steroid dienone is 2. The van der Waals surface area contributed by atoms with Gasteiger partial charge in [-0.1, -0.05) is 25.2 Å². The van der Waals surface area contributed by atoms with Gasteiger partial charge in [-0.25, -0.2) is 4.99 Å². The van der Waals surface area contributed by atoms with Gasteiger partial charge in [-0.2, -0.15) is 0 Å². The number of fused-ring (bicyclic) bond motifs is 1. The van der Waals surface area contributed by atoms with Crippen LogP contribution < -0.4 is 11.1 Å². The minimum atomic E-state index is 0.245. The molecule has 1 aliphatic heterocycles. The average Bonchev–Trinajstić information content (AvgIpc) is 2.95. The summed E-state index contributed by atoms with van der Waals surface area (Å²) in [5.41, 5.74) is 8.80. The van der Waals surface area contributed by atoms with Crippen molar-refractivity contribution in [3.8, 4) is 0 Å². The van der Waals surface area contributed by atoms with Crippen LogP contribution in [0.4, 0.5) is 5.82 Å². The van der Waals surface area contributed by atoms with Gasteiger partial charge in [0.25, 0.3) is 0 Å². The quantitative estimate of drug-likeness (QED) is 0.744. The first kappa shape index (κ1) is 14.1. The Morgan fingerprint density at radius 2 is 2.38 bits per heavy atom. The highest BCUT2D eigenvalue weighted by atomic mass is 15.0. The number of hydrogen-bond acceptors (Lipinski definition) is 3. The van der Waals surface area contributed by atoms with E-state index in [-0.39, 0.29) is 12.1 Å². The van der Waals surface area contributed by atoms with E-state index in [1.807, 2.05) is 12.4 Å².